The molecule has 0 atom stereocenters. The number of hydrogen-bond acceptors (Lipinski definition) is 3. The quantitative estimate of drug-likeness (QED) is 0.580. The molecule has 0 aliphatic carbocycles. The molecule has 2 rings (SSSR count). The summed E-state index contributed by atoms with van der Waals surface area (Å²) in [7, 11) is 0. The Labute approximate surface area is 118 Å². The summed E-state index contributed by atoms with van der Waals surface area (Å²) >= 11 is 0. The molecule has 0 amide bonds. The van der Waals surface area contributed by atoms with Gasteiger partial charge in [0.15, 0.2) is 5.78 Å². The molecule has 3 nitrogen and oxygen atoms in total. The minimum Gasteiger partial charge on any atom is -0.490 e. The molecular formula is C17H16O3. The summed E-state index contributed by atoms with van der Waals surface area (Å²) in [6, 6.07) is 14.4. The Morgan fingerprint density at radius 2 is 1.50 bits per heavy atom. The van der Waals surface area contributed by atoms with E-state index >= 15 is 0 Å². The molecule has 20 heavy (non-hydrogen) atoms. The lowest BCUT2D eigenvalue weighted by Gasteiger charge is -2.07. The van der Waals surface area contributed by atoms with Gasteiger partial charge in [-0.15, -0.1) is 0 Å². The first-order valence-corrected chi connectivity index (χ1v) is 6.31. The van der Waals surface area contributed by atoms with Crippen LogP contribution >= 0.6 is 0 Å². The molecular weight excluding hydrogens is 252 g/mol. The molecule has 0 saturated carbocycles. The van der Waals surface area contributed by atoms with Crippen molar-refractivity contribution in [1.29, 1.82) is 0 Å². The summed E-state index contributed by atoms with van der Waals surface area (Å²) in [5, 5.41) is 0. The van der Waals surface area contributed by atoms with Gasteiger partial charge in [0.2, 0.25) is 0 Å². The third-order valence-corrected chi connectivity index (χ3v) is 2.69. The molecule has 0 bridgehead atoms. The Morgan fingerprint density at radius 1 is 1.00 bits per heavy atom. The first-order valence-electron chi connectivity index (χ1n) is 6.31. The molecule has 0 unspecified atom stereocenters. The van der Waals surface area contributed by atoms with Crippen LogP contribution < -0.4 is 9.47 Å². The number of rotatable bonds is 6. The van der Waals surface area contributed by atoms with Crippen molar-refractivity contribution >= 4 is 5.78 Å². The van der Waals surface area contributed by atoms with Gasteiger partial charge >= 0.3 is 0 Å². The third-order valence-electron chi connectivity index (χ3n) is 2.69. The van der Waals surface area contributed by atoms with Crippen LogP contribution in [0.15, 0.2) is 61.2 Å². The number of ketones is 1. The molecule has 0 aliphatic heterocycles. The van der Waals surface area contributed by atoms with Crippen molar-refractivity contribution in [3.8, 4) is 17.2 Å². The zero-order chi connectivity index (χ0) is 14.4. The monoisotopic (exact) mass is 268 g/mol. The van der Waals surface area contributed by atoms with Crippen molar-refractivity contribution in [2.45, 2.75) is 6.92 Å². The minimum atomic E-state index is 0.0419. The average Bonchev–Trinajstić information content (AvgIpc) is 2.47. The predicted molar refractivity (Wildman–Crippen MR) is 78.7 cm³/mol. The Hall–Kier alpha value is -2.55. The van der Waals surface area contributed by atoms with Gasteiger partial charge in [-0.25, -0.2) is 0 Å². The van der Waals surface area contributed by atoms with Crippen molar-refractivity contribution < 1.29 is 14.3 Å². The van der Waals surface area contributed by atoms with Gasteiger partial charge in [-0.3, -0.25) is 4.79 Å². The van der Waals surface area contributed by atoms with E-state index < -0.39 is 0 Å². The Balaban J connectivity index is 2.02. The summed E-state index contributed by atoms with van der Waals surface area (Å²) in [6.45, 7) is 5.61. The van der Waals surface area contributed by atoms with Crippen LogP contribution in [0.1, 0.15) is 17.3 Å². The first-order chi connectivity index (χ1) is 9.69. The number of Topliss-reactive ketones (excluding diaryl/α,β-unsaturated/α-hetero) is 1. The molecule has 2 aromatic rings. The highest BCUT2D eigenvalue weighted by Crippen LogP contribution is 2.24. The first kappa shape index (κ1) is 13.9. The Morgan fingerprint density at radius 3 is 2.00 bits per heavy atom. The van der Waals surface area contributed by atoms with Gasteiger partial charge in [0.25, 0.3) is 0 Å². The van der Waals surface area contributed by atoms with Gasteiger partial charge in [0.05, 0.1) is 0 Å². The standard InChI is InChI=1S/C17H16O3/c1-3-12-19-15-8-10-17(11-9-15)20-16-6-4-14(5-7-16)13(2)18/h3-11H,1,12H2,2H3. The van der Waals surface area contributed by atoms with Crippen LogP contribution in [-0.2, 0) is 0 Å². The molecule has 0 spiro atoms. The molecule has 0 aromatic heterocycles. The smallest absolute Gasteiger partial charge is 0.159 e. The van der Waals surface area contributed by atoms with E-state index in [1.54, 1.807) is 30.3 Å². The lowest BCUT2D eigenvalue weighted by Crippen LogP contribution is -1.93. The van der Waals surface area contributed by atoms with Crippen LogP contribution in [0.3, 0.4) is 0 Å². The second kappa shape index (κ2) is 6.57. The maximum absolute atomic E-state index is 11.2. The van der Waals surface area contributed by atoms with Crippen molar-refractivity contribution in [3.63, 3.8) is 0 Å². The third kappa shape index (κ3) is 3.72. The highest BCUT2D eigenvalue weighted by molar-refractivity contribution is 5.94. The lowest BCUT2D eigenvalue weighted by molar-refractivity contribution is 0.101. The molecule has 0 aliphatic rings. The fraction of sp³-hybridized carbons (Fsp3) is 0.118. The van der Waals surface area contributed by atoms with E-state index in [4.69, 9.17) is 9.47 Å². The van der Waals surface area contributed by atoms with Crippen LogP contribution in [0.5, 0.6) is 17.2 Å². The molecule has 0 radical (unpaired) electrons. The van der Waals surface area contributed by atoms with Gasteiger partial charge in [-0.1, -0.05) is 12.7 Å². The number of hydrogen-bond donors (Lipinski definition) is 0. The topological polar surface area (TPSA) is 35.5 Å². The van der Waals surface area contributed by atoms with E-state index in [9.17, 15) is 4.79 Å². The van der Waals surface area contributed by atoms with Crippen molar-refractivity contribution in [3.05, 3.63) is 66.7 Å². The van der Waals surface area contributed by atoms with Gasteiger partial charge in [-0.2, -0.15) is 0 Å². The van der Waals surface area contributed by atoms with E-state index in [0.29, 0.717) is 23.7 Å². The summed E-state index contributed by atoms with van der Waals surface area (Å²) in [6.07, 6.45) is 1.70. The molecule has 0 fully saturated rings. The molecule has 102 valence electrons. The van der Waals surface area contributed by atoms with Crippen LogP contribution in [0.25, 0.3) is 0 Å². The van der Waals surface area contributed by atoms with Gasteiger partial charge < -0.3 is 9.47 Å². The van der Waals surface area contributed by atoms with Crippen LogP contribution in [0.4, 0.5) is 0 Å². The second-order valence-electron chi connectivity index (χ2n) is 4.25. The van der Waals surface area contributed by atoms with Gasteiger partial charge in [0.1, 0.15) is 23.9 Å². The normalized spacial score (nSPS) is 9.85. The minimum absolute atomic E-state index is 0.0419. The maximum atomic E-state index is 11.2. The summed E-state index contributed by atoms with van der Waals surface area (Å²) < 4.78 is 11.1. The number of carbonyl (C=O) groups is 1. The highest BCUT2D eigenvalue weighted by atomic mass is 16.5. The number of ether oxygens (including phenoxy) is 2. The predicted octanol–water partition coefficient (Wildman–Crippen LogP) is 4.25. The molecule has 0 N–H and O–H groups in total. The molecule has 0 heterocycles. The zero-order valence-electron chi connectivity index (χ0n) is 11.3. The van der Waals surface area contributed by atoms with Crippen molar-refractivity contribution in [2.24, 2.45) is 0 Å². The van der Waals surface area contributed by atoms with E-state index in [1.807, 2.05) is 24.3 Å². The molecule has 2 aromatic carbocycles. The van der Waals surface area contributed by atoms with E-state index in [2.05, 4.69) is 6.58 Å². The number of benzene rings is 2. The molecule has 3 heteroatoms. The van der Waals surface area contributed by atoms with Crippen molar-refractivity contribution in [2.75, 3.05) is 6.61 Å². The summed E-state index contributed by atoms with van der Waals surface area (Å²) in [5.74, 6) is 2.21. The maximum Gasteiger partial charge on any atom is 0.159 e. The number of carbonyl (C=O) groups excluding carboxylic acids is 1. The largest absolute Gasteiger partial charge is 0.490 e. The Kier molecular flexibility index (Phi) is 4.56. The van der Waals surface area contributed by atoms with Crippen LogP contribution in [0.2, 0.25) is 0 Å². The lowest BCUT2D eigenvalue weighted by atomic mass is 10.1. The van der Waals surface area contributed by atoms with Crippen molar-refractivity contribution in [1.82, 2.24) is 0 Å². The second-order valence-corrected chi connectivity index (χ2v) is 4.25. The zero-order valence-corrected chi connectivity index (χ0v) is 11.3. The van der Waals surface area contributed by atoms with Gasteiger partial charge in [-0.05, 0) is 55.5 Å². The van der Waals surface area contributed by atoms with E-state index in [-0.39, 0.29) is 5.78 Å². The highest BCUT2D eigenvalue weighted by Gasteiger charge is 2.01. The fourth-order valence-corrected chi connectivity index (χ4v) is 1.65. The van der Waals surface area contributed by atoms with Gasteiger partial charge in [0, 0.05) is 5.56 Å². The summed E-state index contributed by atoms with van der Waals surface area (Å²) in [4.78, 5) is 11.2. The molecule has 0 saturated heterocycles. The average molecular weight is 268 g/mol. The Bertz CT molecular complexity index is 583. The van der Waals surface area contributed by atoms with Crippen LogP contribution in [0, 0.1) is 0 Å². The van der Waals surface area contributed by atoms with E-state index in [0.717, 1.165) is 5.75 Å². The summed E-state index contributed by atoms with van der Waals surface area (Å²) in [5.41, 5.74) is 0.672. The van der Waals surface area contributed by atoms with E-state index in [1.165, 1.54) is 6.92 Å². The van der Waals surface area contributed by atoms with Crippen LogP contribution in [-0.4, -0.2) is 12.4 Å². The fourth-order valence-electron chi connectivity index (χ4n) is 1.65. The SMILES string of the molecule is C=CCOc1ccc(Oc2ccc(C(C)=O)cc2)cc1.